The average Bonchev–Trinajstić information content (AvgIpc) is 2.85. The molecule has 1 aromatic carbocycles. The summed E-state index contributed by atoms with van der Waals surface area (Å²) in [4.78, 5) is 11.8. The molecule has 2 N–H and O–H groups in total. The van der Waals surface area contributed by atoms with E-state index in [0.717, 1.165) is 9.83 Å². The zero-order chi connectivity index (χ0) is 16.1. The molecule has 3 rings (SSSR count). The molecule has 0 fully saturated rings. The third kappa shape index (κ3) is 2.73. The number of hydrogen-bond acceptors (Lipinski definition) is 7. The summed E-state index contributed by atoms with van der Waals surface area (Å²) in [5.41, 5.74) is 6.43. The van der Waals surface area contributed by atoms with Gasteiger partial charge in [0.1, 0.15) is 0 Å². The van der Waals surface area contributed by atoms with Crippen LogP contribution in [0.15, 0.2) is 23.4 Å². The van der Waals surface area contributed by atoms with Gasteiger partial charge < -0.3 is 5.73 Å². The molecular weight excluding hydrogens is 443 g/mol. The lowest BCUT2D eigenvalue weighted by Crippen LogP contribution is -2.11. The maximum atomic E-state index is 11.5. The molecule has 8 nitrogen and oxygen atoms in total. The van der Waals surface area contributed by atoms with E-state index in [-0.39, 0.29) is 16.9 Å². The molecule has 0 radical (unpaired) electrons. The molecule has 0 aliphatic carbocycles. The minimum atomic E-state index is -3.59. The van der Waals surface area contributed by atoms with Crippen LogP contribution in [0.1, 0.15) is 0 Å². The van der Waals surface area contributed by atoms with E-state index in [4.69, 9.17) is 17.3 Å². The van der Waals surface area contributed by atoms with E-state index < -0.39 is 9.84 Å². The predicted octanol–water partition coefficient (Wildman–Crippen LogP) is 1.43. The van der Waals surface area contributed by atoms with Crippen molar-refractivity contribution >= 4 is 55.8 Å². The van der Waals surface area contributed by atoms with Gasteiger partial charge >= 0.3 is 0 Å². The number of nitrogens with zero attached hydrogens (tertiary/aromatic N) is 5. The molecule has 0 saturated heterocycles. The molecule has 22 heavy (non-hydrogen) atoms. The number of benzene rings is 1. The highest BCUT2D eigenvalue weighted by Crippen LogP contribution is 2.25. The van der Waals surface area contributed by atoms with E-state index in [0.29, 0.717) is 16.4 Å². The third-order valence-electron chi connectivity index (χ3n) is 2.72. The Kier molecular flexibility index (Phi) is 3.69. The highest BCUT2D eigenvalue weighted by atomic mass is 127. The maximum Gasteiger partial charge on any atom is 0.258 e. The molecule has 0 bridgehead atoms. The summed E-state index contributed by atoms with van der Waals surface area (Å²) >= 11 is 8.07. The van der Waals surface area contributed by atoms with Gasteiger partial charge in [-0.1, -0.05) is 11.6 Å². The lowest BCUT2D eigenvalue weighted by atomic mass is 10.2. The summed E-state index contributed by atoms with van der Waals surface area (Å²) in [5, 5.41) is 4.42. The molecule has 0 aliphatic heterocycles. The van der Waals surface area contributed by atoms with Crippen molar-refractivity contribution in [1.29, 1.82) is 0 Å². The van der Waals surface area contributed by atoms with Crippen molar-refractivity contribution in [2.24, 2.45) is 0 Å². The average molecular weight is 451 g/mol. The molecule has 0 aliphatic rings. The van der Waals surface area contributed by atoms with Crippen LogP contribution < -0.4 is 5.73 Å². The first-order valence-corrected chi connectivity index (χ1v) is 9.16. The van der Waals surface area contributed by atoms with Crippen LogP contribution in [-0.4, -0.2) is 39.2 Å². The number of anilines is 1. The highest BCUT2D eigenvalue weighted by Gasteiger charge is 2.17. The fourth-order valence-corrected chi connectivity index (χ4v) is 2.85. The Bertz CT molecular complexity index is 1000. The summed E-state index contributed by atoms with van der Waals surface area (Å²) in [7, 11) is -3.59. The quantitative estimate of drug-likeness (QED) is 0.587. The Labute approximate surface area is 143 Å². The largest absolute Gasteiger partial charge is 0.368 e. The van der Waals surface area contributed by atoms with E-state index in [1.807, 2.05) is 0 Å². The molecule has 3 aromatic rings. The first-order valence-electron chi connectivity index (χ1n) is 5.81. The van der Waals surface area contributed by atoms with Crippen molar-refractivity contribution in [2.45, 2.75) is 5.16 Å². The van der Waals surface area contributed by atoms with E-state index in [9.17, 15) is 8.42 Å². The Hall–Kier alpha value is -1.53. The first kappa shape index (κ1) is 15.4. The highest BCUT2D eigenvalue weighted by molar-refractivity contribution is 14.1. The number of aromatic nitrogens is 5. The monoisotopic (exact) mass is 450 g/mol. The van der Waals surface area contributed by atoms with Crippen molar-refractivity contribution in [3.63, 3.8) is 0 Å². The minimum absolute atomic E-state index is 0.0629. The van der Waals surface area contributed by atoms with Crippen molar-refractivity contribution in [3.05, 3.63) is 26.8 Å². The van der Waals surface area contributed by atoms with Gasteiger partial charge in [-0.3, -0.25) is 0 Å². The second kappa shape index (κ2) is 5.28. The van der Waals surface area contributed by atoms with Gasteiger partial charge in [0.05, 0.1) is 5.02 Å². The van der Waals surface area contributed by atoms with Crippen LogP contribution >= 0.6 is 34.2 Å². The molecule has 11 heteroatoms. The van der Waals surface area contributed by atoms with Crippen LogP contribution in [0, 0.1) is 3.57 Å². The smallest absolute Gasteiger partial charge is 0.258 e. The van der Waals surface area contributed by atoms with Gasteiger partial charge in [-0.2, -0.15) is 19.5 Å². The van der Waals surface area contributed by atoms with Gasteiger partial charge in [0, 0.05) is 15.4 Å². The summed E-state index contributed by atoms with van der Waals surface area (Å²) in [6.45, 7) is 0. The third-order valence-corrected chi connectivity index (χ3v) is 5.11. The van der Waals surface area contributed by atoms with E-state index in [2.05, 4.69) is 42.6 Å². The number of nitrogens with two attached hydrogens (primary N) is 1. The SMILES string of the molecule is CS(=O)(=O)c1nc(N)n2nc(-c3ccc(Cl)c(I)c3)nc2n1. The minimum Gasteiger partial charge on any atom is -0.368 e. The van der Waals surface area contributed by atoms with Gasteiger partial charge in [-0.25, -0.2) is 8.42 Å². The fourth-order valence-electron chi connectivity index (χ4n) is 1.71. The van der Waals surface area contributed by atoms with Crippen molar-refractivity contribution in [2.75, 3.05) is 12.0 Å². The molecule has 0 unspecified atom stereocenters. The second-order valence-electron chi connectivity index (χ2n) is 4.41. The van der Waals surface area contributed by atoms with E-state index in [1.165, 1.54) is 4.52 Å². The molecule has 114 valence electrons. The Morgan fingerprint density at radius 3 is 2.64 bits per heavy atom. The number of halogens is 2. The second-order valence-corrected chi connectivity index (χ2v) is 7.89. The maximum absolute atomic E-state index is 11.5. The lowest BCUT2D eigenvalue weighted by Gasteiger charge is -1.99. The number of sulfone groups is 1. The molecule has 0 amide bonds. The van der Waals surface area contributed by atoms with Crippen LogP contribution in [-0.2, 0) is 9.84 Å². The van der Waals surface area contributed by atoms with Gasteiger partial charge in [-0.15, -0.1) is 5.10 Å². The van der Waals surface area contributed by atoms with Crippen LogP contribution in [0.3, 0.4) is 0 Å². The summed E-state index contributed by atoms with van der Waals surface area (Å²) in [5.74, 6) is 0.307. The van der Waals surface area contributed by atoms with Crippen molar-refractivity contribution < 1.29 is 8.42 Å². The zero-order valence-corrected chi connectivity index (χ0v) is 14.8. The van der Waals surface area contributed by atoms with Crippen molar-refractivity contribution in [3.8, 4) is 11.4 Å². The Morgan fingerprint density at radius 2 is 2.00 bits per heavy atom. The number of fused-ring (bicyclic) bond motifs is 1. The van der Waals surface area contributed by atoms with Crippen LogP contribution in [0.4, 0.5) is 5.95 Å². The molecule has 2 aromatic heterocycles. The van der Waals surface area contributed by atoms with Gasteiger partial charge in [-0.05, 0) is 40.8 Å². The van der Waals surface area contributed by atoms with Gasteiger partial charge in [0.15, 0.2) is 5.82 Å². The lowest BCUT2D eigenvalue weighted by molar-refractivity contribution is 0.592. The molecule has 0 saturated carbocycles. The normalized spacial score (nSPS) is 12.0. The topological polar surface area (TPSA) is 116 Å². The molecular formula is C11H8ClIN6O2S. The predicted molar refractivity (Wildman–Crippen MR) is 89.3 cm³/mol. The first-order chi connectivity index (χ1) is 10.3. The van der Waals surface area contributed by atoms with Gasteiger partial charge in [0.2, 0.25) is 15.8 Å². The van der Waals surface area contributed by atoms with Crippen LogP contribution in [0.2, 0.25) is 5.02 Å². The van der Waals surface area contributed by atoms with Gasteiger partial charge in [0.25, 0.3) is 10.9 Å². The molecule has 0 spiro atoms. The fraction of sp³-hybridized carbons (Fsp3) is 0.0909. The standard InChI is InChI=1S/C11H8ClIN6O2S/c1-22(20,21)11-16-9(14)19-10(17-11)15-8(18-19)5-2-3-6(12)7(13)4-5/h2-4H,1H3,(H2,14,15,16,17,18). The summed E-state index contributed by atoms with van der Waals surface area (Å²) < 4.78 is 25.1. The summed E-state index contributed by atoms with van der Waals surface area (Å²) in [6.07, 6.45) is 0.997. The Balaban J connectivity index is 2.21. The van der Waals surface area contributed by atoms with Crippen molar-refractivity contribution in [1.82, 2.24) is 24.6 Å². The molecule has 2 heterocycles. The zero-order valence-electron chi connectivity index (χ0n) is 11.0. The van der Waals surface area contributed by atoms with Crippen LogP contribution in [0.25, 0.3) is 17.2 Å². The number of rotatable bonds is 2. The van der Waals surface area contributed by atoms with Crippen LogP contribution in [0.5, 0.6) is 0 Å². The number of hydrogen-bond donors (Lipinski definition) is 1. The molecule has 0 atom stereocenters. The number of nitrogen functional groups attached to an aromatic ring is 1. The summed E-state index contributed by atoms with van der Waals surface area (Å²) in [6, 6.07) is 5.28. The van der Waals surface area contributed by atoms with E-state index >= 15 is 0 Å². The van der Waals surface area contributed by atoms with E-state index in [1.54, 1.807) is 18.2 Å². The Morgan fingerprint density at radius 1 is 1.27 bits per heavy atom.